The van der Waals surface area contributed by atoms with Crippen LogP contribution in [0.15, 0.2) is 24.8 Å². The minimum Gasteiger partial charge on any atom is -0.467 e. The first kappa shape index (κ1) is 28.4. The third kappa shape index (κ3) is 9.94. The van der Waals surface area contributed by atoms with Crippen molar-refractivity contribution >= 4 is 20.4 Å². The van der Waals surface area contributed by atoms with Gasteiger partial charge in [0.25, 0.3) is 0 Å². The molecule has 0 heterocycles. The highest BCUT2D eigenvalue weighted by molar-refractivity contribution is 6.74. The molecule has 1 atom stereocenters. The zero-order chi connectivity index (χ0) is 23.8. The van der Waals surface area contributed by atoms with Crippen molar-refractivity contribution in [2.24, 2.45) is 0 Å². The van der Waals surface area contributed by atoms with Gasteiger partial charge >= 0.3 is 12.1 Å². The summed E-state index contributed by atoms with van der Waals surface area (Å²) < 4.78 is 16.6. The Kier molecular flexibility index (Phi) is 11.1. The summed E-state index contributed by atoms with van der Waals surface area (Å²) in [4.78, 5) is 26.5. The fourth-order valence-electron chi connectivity index (χ4n) is 2.41. The van der Waals surface area contributed by atoms with Gasteiger partial charge in [-0.3, -0.25) is 4.90 Å². The molecule has 30 heavy (non-hydrogen) atoms. The molecular formula is C23H43NO5Si. The molecule has 174 valence electrons. The summed E-state index contributed by atoms with van der Waals surface area (Å²) >= 11 is 0. The number of hydrogen-bond acceptors (Lipinski definition) is 5. The average molecular weight is 442 g/mol. The van der Waals surface area contributed by atoms with Gasteiger partial charge in [-0.1, -0.05) is 39.0 Å². The van der Waals surface area contributed by atoms with E-state index in [0.29, 0.717) is 26.0 Å². The van der Waals surface area contributed by atoms with E-state index >= 15 is 0 Å². The van der Waals surface area contributed by atoms with Crippen LogP contribution in [0, 0.1) is 0 Å². The highest BCUT2D eigenvalue weighted by Crippen LogP contribution is 2.36. The van der Waals surface area contributed by atoms with E-state index in [4.69, 9.17) is 13.9 Å². The van der Waals surface area contributed by atoms with Gasteiger partial charge in [0.05, 0.1) is 7.11 Å². The first-order chi connectivity index (χ1) is 13.6. The Bertz CT molecular complexity index is 602. The van der Waals surface area contributed by atoms with Crippen molar-refractivity contribution in [1.29, 1.82) is 0 Å². The lowest BCUT2D eigenvalue weighted by Gasteiger charge is -2.36. The number of rotatable bonds is 11. The fraction of sp³-hybridized carbons (Fsp3) is 0.739. The Balaban J connectivity index is 5.11. The topological polar surface area (TPSA) is 65.1 Å². The Labute approximate surface area is 184 Å². The number of carbonyl (C=O) groups excluding carboxylic acids is 2. The normalized spacial score (nSPS) is 13.4. The summed E-state index contributed by atoms with van der Waals surface area (Å²) in [7, 11) is -0.499. The molecule has 0 unspecified atom stereocenters. The summed E-state index contributed by atoms with van der Waals surface area (Å²) in [6.45, 7) is 25.2. The first-order valence-corrected chi connectivity index (χ1v) is 13.5. The molecule has 0 bridgehead atoms. The van der Waals surface area contributed by atoms with Crippen LogP contribution in [-0.4, -0.2) is 57.2 Å². The Hall–Kier alpha value is -1.60. The van der Waals surface area contributed by atoms with Crippen LogP contribution in [0.25, 0.3) is 0 Å². The lowest BCUT2D eigenvalue weighted by Crippen LogP contribution is -2.48. The zero-order valence-corrected chi connectivity index (χ0v) is 21.6. The first-order valence-electron chi connectivity index (χ1n) is 10.5. The van der Waals surface area contributed by atoms with E-state index in [-0.39, 0.29) is 11.5 Å². The molecule has 7 heteroatoms. The van der Waals surface area contributed by atoms with Crippen LogP contribution >= 0.6 is 0 Å². The summed E-state index contributed by atoms with van der Waals surface area (Å²) in [6, 6.07) is -0.779. The Morgan fingerprint density at radius 1 is 1.10 bits per heavy atom. The van der Waals surface area contributed by atoms with E-state index in [9.17, 15) is 9.59 Å². The number of amides is 1. The van der Waals surface area contributed by atoms with Gasteiger partial charge in [0, 0.05) is 13.2 Å². The second kappa shape index (κ2) is 11.7. The monoisotopic (exact) mass is 441 g/mol. The fourth-order valence-corrected chi connectivity index (χ4v) is 3.46. The number of hydrogen-bond donors (Lipinski definition) is 0. The van der Waals surface area contributed by atoms with Crippen LogP contribution in [0.5, 0.6) is 0 Å². The summed E-state index contributed by atoms with van der Waals surface area (Å²) in [5, 5.41) is 0.153. The molecule has 0 aliphatic rings. The second-order valence-corrected chi connectivity index (χ2v) is 14.9. The van der Waals surface area contributed by atoms with Gasteiger partial charge in [0.15, 0.2) is 8.32 Å². The summed E-state index contributed by atoms with van der Waals surface area (Å²) in [5.74, 6) is -0.493. The molecular weight excluding hydrogens is 398 g/mol. The largest absolute Gasteiger partial charge is 0.467 e. The predicted molar refractivity (Wildman–Crippen MR) is 125 cm³/mol. The maximum Gasteiger partial charge on any atom is 0.411 e. The standard InChI is InChI=1S/C23H43NO5Si/c1-12-13-19(20(25)27-9)24(21(26)29-22(3,4)5)16-14-18(2)15-17-28-30(10,11)23(6,7)8/h12,19H,1-2,13-17H2,3-11H3/t19-/m0/s1. The van der Waals surface area contributed by atoms with Crippen molar-refractivity contribution in [2.75, 3.05) is 20.3 Å². The van der Waals surface area contributed by atoms with Gasteiger partial charge in [-0.05, 0) is 58.2 Å². The van der Waals surface area contributed by atoms with E-state index in [1.165, 1.54) is 12.0 Å². The van der Waals surface area contributed by atoms with Gasteiger partial charge in [-0.15, -0.1) is 6.58 Å². The molecule has 0 radical (unpaired) electrons. The summed E-state index contributed by atoms with van der Waals surface area (Å²) in [6.07, 6.45) is 2.59. The average Bonchev–Trinajstić information content (AvgIpc) is 2.57. The Morgan fingerprint density at radius 2 is 1.67 bits per heavy atom. The number of esters is 1. The van der Waals surface area contributed by atoms with Crippen LogP contribution in [0.4, 0.5) is 4.79 Å². The maximum atomic E-state index is 12.8. The van der Waals surface area contributed by atoms with Crippen molar-refractivity contribution in [3.63, 3.8) is 0 Å². The van der Waals surface area contributed by atoms with E-state index in [1.54, 1.807) is 26.8 Å². The summed E-state index contributed by atoms with van der Waals surface area (Å²) in [5.41, 5.74) is 0.294. The van der Waals surface area contributed by atoms with Crippen molar-refractivity contribution in [1.82, 2.24) is 4.90 Å². The number of methoxy groups -OCH3 is 1. The molecule has 0 N–H and O–H groups in total. The SMILES string of the molecule is C=CC[C@@H](C(=O)OC)N(CCC(=C)CCO[Si](C)(C)C(C)(C)C)C(=O)OC(C)(C)C. The van der Waals surface area contributed by atoms with Crippen molar-refractivity contribution in [3.05, 3.63) is 24.8 Å². The molecule has 0 spiro atoms. The molecule has 1 amide bonds. The molecule has 0 saturated carbocycles. The molecule has 0 aromatic carbocycles. The Morgan fingerprint density at radius 3 is 2.10 bits per heavy atom. The minimum absolute atomic E-state index is 0.153. The maximum absolute atomic E-state index is 12.8. The minimum atomic E-state index is -1.81. The number of carbonyl (C=O) groups is 2. The van der Waals surface area contributed by atoms with Crippen LogP contribution in [0.2, 0.25) is 18.1 Å². The highest BCUT2D eigenvalue weighted by Gasteiger charge is 2.37. The third-order valence-corrected chi connectivity index (χ3v) is 9.84. The van der Waals surface area contributed by atoms with Gasteiger partial charge in [-0.25, -0.2) is 9.59 Å². The smallest absolute Gasteiger partial charge is 0.411 e. The van der Waals surface area contributed by atoms with Gasteiger partial charge in [0.2, 0.25) is 0 Å². The molecule has 0 rings (SSSR count). The van der Waals surface area contributed by atoms with E-state index in [1.807, 2.05) is 0 Å². The van der Waals surface area contributed by atoms with Crippen LogP contribution < -0.4 is 0 Å². The molecule has 6 nitrogen and oxygen atoms in total. The van der Waals surface area contributed by atoms with Crippen LogP contribution in [0.1, 0.15) is 60.8 Å². The quantitative estimate of drug-likeness (QED) is 0.234. The molecule has 0 aliphatic carbocycles. The van der Waals surface area contributed by atoms with Gasteiger partial charge in [0.1, 0.15) is 11.6 Å². The predicted octanol–water partition coefficient (Wildman–Crippen LogP) is 5.70. The highest BCUT2D eigenvalue weighted by atomic mass is 28.4. The lowest BCUT2D eigenvalue weighted by molar-refractivity contribution is -0.146. The van der Waals surface area contributed by atoms with Gasteiger partial charge in [-0.2, -0.15) is 0 Å². The van der Waals surface area contributed by atoms with Crippen LogP contribution in [0.3, 0.4) is 0 Å². The molecule has 0 fully saturated rings. The number of nitrogens with zero attached hydrogens (tertiary/aromatic N) is 1. The molecule has 0 saturated heterocycles. The lowest BCUT2D eigenvalue weighted by atomic mass is 10.1. The third-order valence-electron chi connectivity index (χ3n) is 5.30. The van der Waals surface area contributed by atoms with E-state index < -0.39 is 32.0 Å². The van der Waals surface area contributed by atoms with Crippen molar-refractivity contribution in [3.8, 4) is 0 Å². The molecule has 0 aromatic rings. The molecule has 0 aromatic heterocycles. The second-order valence-electron chi connectivity index (χ2n) is 10.1. The van der Waals surface area contributed by atoms with Crippen molar-refractivity contribution in [2.45, 2.75) is 90.6 Å². The van der Waals surface area contributed by atoms with E-state index in [2.05, 4.69) is 47.0 Å². The molecule has 0 aliphatic heterocycles. The van der Waals surface area contributed by atoms with Crippen LogP contribution in [-0.2, 0) is 18.7 Å². The van der Waals surface area contributed by atoms with Crippen molar-refractivity contribution < 1.29 is 23.5 Å². The number of ether oxygens (including phenoxy) is 2. The zero-order valence-electron chi connectivity index (χ0n) is 20.6. The van der Waals surface area contributed by atoms with Gasteiger partial charge < -0.3 is 13.9 Å². The van der Waals surface area contributed by atoms with E-state index in [0.717, 1.165) is 5.57 Å².